The van der Waals surface area contributed by atoms with Crippen molar-refractivity contribution >= 4 is 16.9 Å². The van der Waals surface area contributed by atoms with Gasteiger partial charge < -0.3 is 5.32 Å². The highest BCUT2D eigenvalue weighted by molar-refractivity contribution is 5.93. The fraction of sp³-hybridized carbons (Fsp3) is 0.150. The van der Waals surface area contributed by atoms with Gasteiger partial charge in [-0.05, 0) is 11.6 Å². The minimum Gasteiger partial charge on any atom is -0.357 e. The Labute approximate surface area is 158 Å². The number of anilines is 1. The molecule has 142 valence electrons. The highest BCUT2D eigenvalue weighted by atomic mass is 19.4. The van der Waals surface area contributed by atoms with Crippen molar-refractivity contribution in [2.24, 2.45) is 0 Å². The lowest BCUT2D eigenvalue weighted by molar-refractivity contribution is -0.137. The summed E-state index contributed by atoms with van der Waals surface area (Å²) in [7, 11) is 1.55. The van der Waals surface area contributed by atoms with Crippen LogP contribution in [0.5, 0.6) is 0 Å². The molecule has 0 aliphatic heterocycles. The third-order valence-corrected chi connectivity index (χ3v) is 4.38. The second-order valence-corrected chi connectivity index (χ2v) is 6.21. The first-order chi connectivity index (χ1) is 13.5. The van der Waals surface area contributed by atoms with Crippen molar-refractivity contribution in [2.75, 3.05) is 12.4 Å². The first kappa shape index (κ1) is 18.0. The Morgan fingerprint density at radius 3 is 2.39 bits per heavy atom. The van der Waals surface area contributed by atoms with Crippen molar-refractivity contribution in [3.05, 3.63) is 71.9 Å². The largest absolute Gasteiger partial charge is 0.420 e. The Bertz CT molecular complexity index is 1120. The SMILES string of the molecule is CNc1ncc(C(F)(F)F)c(-c2nn(Cc3ccccc3)c3ccccc23)n1. The van der Waals surface area contributed by atoms with Gasteiger partial charge in [0, 0.05) is 18.6 Å². The summed E-state index contributed by atoms with van der Waals surface area (Å²) in [6.07, 6.45) is -3.80. The summed E-state index contributed by atoms with van der Waals surface area (Å²) in [6.45, 7) is 0.437. The zero-order valence-corrected chi connectivity index (χ0v) is 14.9. The van der Waals surface area contributed by atoms with E-state index >= 15 is 0 Å². The second kappa shape index (κ2) is 6.95. The molecule has 0 unspecified atom stereocenters. The number of nitrogens with one attached hydrogen (secondary N) is 1. The van der Waals surface area contributed by atoms with E-state index in [-0.39, 0.29) is 17.3 Å². The molecule has 2 aromatic carbocycles. The minimum absolute atomic E-state index is 0.102. The number of alkyl halides is 3. The Hall–Kier alpha value is -3.42. The summed E-state index contributed by atoms with van der Waals surface area (Å²) >= 11 is 0. The van der Waals surface area contributed by atoms with Gasteiger partial charge in [-0.2, -0.15) is 18.3 Å². The van der Waals surface area contributed by atoms with Gasteiger partial charge in [0.15, 0.2) is 0 Å². The van der Waals surface area contributed by atoms with Gasteiger partial charge >= 0.3 is 6.18 Å². The molecule has 4 rings (SSSR count). The van der Waals surface area contributed by atoms with Crippen molar-refractivity contribution in [3.8, 4) is 11.4 Å². The Kier molecular flexibility index (Phi) is 4.46. The predicted molar refractivity (Wildman–Crippen MR) is 101 cm³/mol. The molecule has 0 saturated heterocycles. The number of aromatic nitrogens is 4. The molecule has 5 nitrogen and oxygen atoms in total. The number of hydrogen-bond acceptors (Lipinski definition) is 4. The molecule has 0 aliphatic carbocycles. The summed E-state index contributed by atoms with van der Waals surface area (Å²) in [5.41, 5.74) is 0.755. The van der Waals surface area contributed by atoms with E-state index in [2.05, 4.69) is 20.4 Å². The van der Waals surface area contributed by atoms with Crippen LogP contribution in [0.3, 0.4) is 0 Å². The van der Waals surface area contributed by atoms with Crippen molar-refractivity contribution in [1.29, 1.82) is 0 Å². The Morgan fingerprint density at radius 1 is 0.964 bits per heavy atom. The van der Waals surface area contributed by atoms with E-state index in [0.29, 0.717) is 11.9 Å². The monoisotopic (exact) mass is 383 g/mol. The topological polar surface area (TPSA) is 55.6 Å². The van der Waals surface area contributed by atoms with Crippen molar-refractivity contribution in [1.82, 2.24) is 19.7 Å². The normalized spacial score (nSPS) is 11.7. The number of nitrogens with zero attached hydrogens (tertiary/aromatic N) is 4. The van der Waals surface area contributed by atoms with E-state index < -0.39 is 11.7 Å². The third-order valence-electron chi connectivity index (χ3n) is 4.38. The van der Waals surface area contributed by atoms with E-state index in [1.165, 1.54) is 0 Å². The molecular weight excluding hydrogens is 367 g/mol. The molecule has 0 fully saturated rings. The van der Waals surface area contributed by atoms with E-state index in [1.807, 2.05) is 42.5 Å². The molecule has 0 aliphatic rings. The van der Waals surface area contributed by atoms with Gasteiger partial charge in [0.25, 0.3) is 0 Å². The number of para-hydroxylation sites is 1. The molecule has 0 amide bonds. The molecule has 28 heavy (non-hydrogen) atoms. The maximum Gasteiger partial charge on any atom is 0.420 e. The molecule has 0 radical (unpaired) electrons. The van der Waals surface area contributed by atoms with Crippen LogP contribution in [0.25, 0.3) is 22.3 Å². The lowest BCUT2D eigenvalue weighted by Crippen LogP contribution is -2.11. The summed E-state index contributed by atoms with van der Waals surface area (Å²) in [6, 6.07) is 16.8. The first-order valence-electron chi connectivity index (χ1n) is 8.59. The van der Waals surface area contributed by atoms with Gasteiger partial charge in [0.2, 0.25) is 5.95 Å². The van der Waals surface area contributed by atoms with Gasteiger partial charge in [-0.15, -0.1) is 0 Å². The summed E-state index contributed by atoms with van der Waals surface area (Å²) in [5, 5.41) is 7.79. The molecule has 0 saturated carbocycles. The van der Waals surface area contributed by atoms with Crippen LogP contribution in [0.4, 0.5) is 19.1 Å². The third kappa shape index (κ3) is 3.28. The van der Waals surface area contributed by atoms with Crippen LogP contribution in [-0.4, -0.2) is 26.8 Å². The minimum atomic E-state index is -4.59. The first-order valence-corrected chi connectivity index (χ1v) is 8.59. The summed E-state index contributed by atoms with van der Waals surface area (Å²) in [5.74, 6) is 0.102. The van der Waals surface area contributed by atoms with Gasteiger partial charge in [-0.25, -0.2) is 9.97 Å². The fourth-order valence-corrected chi connectivity index (χ4v) is 3.07. The van der Waals surface area contributed by atoms with Crippen molar-refractivity contribution in [2.45, 2.75) is 12.7 Å². The second-order valence-electron chi connectivity index (χ2n) is 6.21. The van der Waals surface area contributed by atoms with Crippen LogP contribution in [-0.2, 0) is 12.7 Å². The van der Waals surface area contributed by atoms with E-state index in [9.17, 15) is 13.2 Å². The Balaban J connectivity index is 1.93. The summed E-state index contributed by atoms with van der Waals surface area (Å²) < 4.78 is 42.5. The molecule has 4 aromatic rings. The maximum absolute atomic E-state index is 13.6. The smallest absolute Gasteiger partial charge is 0.357 e. The van der Waals surface area contributed by atoms with Crippen molar-refractivity contribution in [3.63, 3.8) is 0 Å². The predicted octanol–water partition coefficient (Wildman–Crippen LogP) is 4.60. The van der Waals surface area contributed by atoms with Crippen LogP contribution in [0.2, 0.25) is 0 Å². The van der Waals surface area contributed by atoms with Crippen LogP contribution in [0.1, 0.15) is 11.1 Å². The molecule has 8 heteroatoms. The highest BCUT2D eigenvalue weighted by Crippen LogP contribution is 2.38. The molecule has 2 heterocycles. The summed E-state index contributed by atoms with van der Waals surface area (Å²) in [4.78, 5) is 7.81. The molecule has 0 spiro atoms. The fourth-order valence-electron chi connectivity index (χ4n) is 3.07. The van der Waals surface area contributed by atoms with Crippen LogP contribution < -0.4 is 5.32 Å². The van der Waals surface area contributed by atoms with E-state index in [1.54, 1.807) is 23.9 Å². The number of rotatable bonds is 4. The molecule has 0 atom stereocenters. The number of fused-ring (bicyclic) bond motifs is 1. The van der Waals surface area contributed by atoms with Crippen LogP contribution in [0.15, 0.2) is 60.8 Å². The van der Waals surface area contributed by atoms with Gasteiger partial charge in [-0.1, -0.05) is 48.5 Å². The maximum atomic E-state index is 13.6. The molecule has 2 aromatic heterocycles. The number of benzene rings is 2. The van der Waals surface area contributed by atoms with Crippen LogP contribution >= 0.6 is 0 Å². The lowest BCUT2D eigenvalue weighted by Gasteiger charge is -2.11. The van der Waals surface area contributed by atoms with Gasteiger partial charge in [0.1, 0.15) is 17.0 Å². The average Bonchev–Trinajstić information content (AvgIpc) is 3.06. The van der Waals surface area contributed by atoms with E-state index in [4.69, 9.17) is 0 Å². The highest BCUT2D eigenvalue weighted by Gasteiger charge is 2.36. The van der Waals surface area contributed by atoms with Crippen molar-refractivity contribution < 1.29 is 13.2 Å². The zero-order chi connectivity index (χ0) is 19.7. The van der Waals surface area contributed by atoms with E-state index in [0.717, 1.165) is 17.3 Å². The average molecular weight is 383 g/mol. The number of hydrogen-bond donors (Lipinski definition) is 1. The molecule has 0 bridgehead atoms. The lowest BCUT2D eigenvalue weighted by atomic mass is 10.1. The van der Waals surface area contributed by atoms with Gasteiger partial charge in [0.05, 0.1) is 12.1 Å². The standard InChI is InChI=1S/C20H16F3N5/c1-24-19-25-11-15(20(21,22)23)18(26-19)17-14-9-5-6-10-16(14)28(27-17)12-13-7-3-2-4-8-13/h2-11H,12H2,1H3,(H,24,25,26). The van der Waals surface area contributed by atoms with Crippen LogP contribution in [0, 0.1) is 0 Å². The number of halogens is 3. The van der Waals surface area contributed by atoms with Gasteiger partial charge in [-0.3, -0.25) is 4.68 Å². The Morgan fingerprint density at radius 2 is 1.68 bits per heavy atom. The molecule has 1 N–H and O–H groups in total. The quantitative estimate of drug-likeness (QED) is 0.560. The molecular formula is C20H16F3N5. The zero-order valence-electron chi connectivity index (χ0n) is 14.9.